The van der Waals surface area contributed by atoms with E-state index in [1.54, 1.807) is 6.92 Å². The number of aliphatic carboxylic acids is 1. The average Bonchev–Trinajstić information content (AvgIpc) is 2.18. The van der Waals surface area contributed by atoms with Gasteiger partial charge >= 0.3 is 5.97 Å². The molecular weight excluding hydrogens is 199 g/mol. The lowest BCUT2D eigenvalue weighted by atomic mass is 9.98. The Kier molecular flexibility index (Phi) is 3.29. The quantitative estimate of drug-likeness (QED) is 0.806. The molecule has 0 saturated heterocycles. The maximum atomic E-state index is 13.3. The Morgan fingerprint density at radius 2 is 2.13 bits per heavy atom. The molecule has 0 aromatic heterocycles. The molecule has 1 aromatic carbocycles. The SMILES string of the molecule is Cc1ccc(F)c(CC(C)C(=O)O)c1O. The van der Waals surface area contributed by atoms with Crippen LogP contribution in [-0.2, 0) is 11.2 Å². The van der Waals surface area contributed by atoms with Gasteiger partial charge in [-0.1, -0.05) is 13.0 Å². The number of carbonyl (C=O) groups is 1. The van der Waals surface area contributed by atoms with Gasteiger partial charge in [0.1, 0.15) is 11.6 Å². The van der Waals surface area contributed by atoms with E-state index in [0.717, 1.165) is 0 Å². The maximum Gasteiger partial charge on any atom is 0.306 e. The van der Waals surface area contributed by atoms with Gasteiger partial charge in [0.15, 0.2) is 0 Å². The minimum Gasteiger partial charge on any atom is -0.507 e. The summed E-state index contributed by atoms with van der Waals surface area (Å²) < 4.78 is 13.3. The lowest BCUT2D eigenvalue weighted by molar-refractivity contribution is -0.141. The first-order chi connectivity index (χ1) is 6.93. The molecule has 0 radical (unpaired) electrons. The molecule has 82 valence electrons. The smallest absolute Gasteiger partial charge is 0.306 e. The Hall–Kier alpha value is -1.58. The van der Waals surface area contributed by atoms with Crippen molar-refractivity contribution in [1.29, 1.82) is 0 Å². The maximum absolute atomic E-state index is 13.3. The molecule has 1 rings (SSSR count). The Morgan fingerprint density at radius 1 is 1.53 bits per heavy atom. The van der Waals surface area contributed by atoms with Crippen molar-refractivity contribution in [2.24, 2.45) is 5.92 Å². The van der Waals surface area contributed by atoms with Crippen molar-refractivity contribution in [2.75, 3.05) is 0 Å². The highest BCUT2D eigenvalue weighted by Gasteiger charge is 2.18. The van der Waals surface area contributed by atoms with Gasteiger partial charge in [0.2, 0.25) is 0 Å². The van der Waals surface area contributed by atoms with E-state index in [2.05, 4.69) is 0 Å². The molecule has 1 aromatic rings. The number of carboxylic acid groups (broad SMARTS) is 1. The molecule has 2 N–H and O–H groups in total. The molecule has 15 heavy (non-hydrogen) atoms. The summed E-state index contributed by atoms with van der Waals surface area (Å²) in [5, 5.41) is 18.3. The molecule has 0 aliphatic carbocycles. The van der Waals surface area contributed by atoms with E-state index in [4.69, 9.17) is 5.11 Å². The summed E-state index contributed by atoms with van der Waals surface area (Å²) in [5.41, 5.74) is 0.619. The van der Waals surface area contributed by atoms with Gasteiger partial charge in [0.25, 0.3) is 0 Å². The molecule has 4 heteroatoms. The number of benzene rings is 1. The van der Waals surface area contributed by atoms with Crippen molar-refractivity contribution in [3.8, 4) is 5.75 Å². The van der Waals surface area contributed by atoms with E-state index < -0.39 is 17.7 Å². The van der Waals surface area contributed by atoms with Crippen LogP contribution in [0.15, 0.2) is 12.1 Å². The van der Waals surface area contributed by atoms with E-state index in [-0.39, 0.29) is 17.7 Å². The first kappa shape index (κ1) is 11.5. The van der Waals surface area contributed by atoms with E-state index in [9.17, 15) is 14.3 Å². The molecule has 0 heterocycles. The van der Waals surface area contributed by atoms with Gasteiger partial charge in [-0.3, -0.25) is 4.79 Å². The van der Waals surface area contributed by atoms with Crippen molar-refractivity contribution in [3.05, 3.63) is 29.1 Å². The predicted octanol–water partition coefficient (Wildman–Crippen LogP) is 2.10. The Balaban J connectivity index is 3.03. The minimum atomic E-state index is -1.00. The minimum absolute atomic E-state index is 0.00528. The number of halogens is 1. The number of phenols is 1. The molecule has 3 nitrogen and oxygen atoms in total. The molecule has 1 atom stereocenters. The zero-order valence-electron chi connectivity index (χ0n) is 8.62. The van der Waals surface area contributed by atoms with Gasteiger partial charge in [0.05, 0.1) is 5.92 Å². The van der Waals surface area contributed by atoms with Gasteiger partial charge < -0.3 is 10.2 Å². The van der Waals surface area contributed by atoms with Crippen LogP contribution in [0.25, 0.3) is 0 Å². The van der Waals surface area contributed by atoms with Gasteiger partial charge in [0, 0.05) is 5.56 Å². The van der Waals surface area contributed by atoms with Gasteiger partial charge in [-0.25, -0.2) is 4.39 Å². The Labute approximate surface area is 87.2 Å². The van der Waals surface area contributed by atoms with Gasteiger partial charge in [-0.2, -0.15) is 0 Å². The topological polar surface area (TPSA) is 57.5 Å². The summed E-state index contributed by atoms with van der Waals surface area (Å²) in [6.45, 7) is 3.12. The average molecular weight is 212 g/mol. The lowest BCUT2D eigenvalue weighted by Gasteiger charge is -2.10. The highest BCUT2D eigenvalue weighted by atomic mass is 19.1. The molecular formula is C11H13FO3. The standard InChI is InChI=1S/C11H13FO3/c1-6-3-4-9(12)8(10(6)13)5-7(2)11(14)15/h3-4,7,13H,5H2,1-2H3,(H,14,15). The third kappa shape index (κ3) is 2.46. The van der Waals surface area contributed by atoms with Crippen LogP contribution in [0.1, 0.15) is 18.1 Å². The second kappa shape index (κ2) is 4.29. The van der Waals surface area contributed by atoms with E-state index in [1.165, 1.54) is 19.1 Å². The summed E-state index contributed by atoms with van der Waals surface area (Å²) in [5.74, 6) is -2.43. The van der Waals surface area contributed by atoms with Crippen LogP contribution in [0.2, 0.25) is 0 Å². The Bertz CT molecular complexity index is 388. The lowest BCUT2D eigenvalue weighted by Crippen LogP contribution is -2.13. The first-order valence-corrected chi connectivity index (χ1v) is 4.63. The molecule has 0 fully saturated rings. The number of hydrogen-bond donors (Lipinski definition) is 2. The highest BCUT2D eigenvalue weighted by molar-refractivity contribution is 5.70. The summed E-state index contributed by atoms with van der Waals surface area (Å²) in [6.07, 6.45) is -0.00528. The third-order valence-corrected chi connectivity index (χ3v) is 2.36. The summed E-state index contributed by atoms with van der Waals surface area (Å²) >= 11 is 0. The summed E-state index contributed by atoms with van der Waals surface area (Å²) in [4.78, 5) is 10.6. The fraction of sp³-hybridized carbons (Fsp3) is 0.364. The van der Waals surface area contributed by atoms with Crippen LogP contribution in [0.5, 0.6) is 5.75 Å². The van der Waals surface area contributed by atoms with E-state index in [0.29, 0.717) is 5.56 Å². The van der Waals surface area contributed by atoms with Crippen LogP contribution < -0.4 is 0 Å². The number of hydrogen-bond acceptors (Lipinski definition) is 2. The second-order valence-electron chi connectivity index (χ2n) is 3.63. The summed E-state index contributed by atoms with van der Waals surface area (Å²) in [6, 6.07) is 2.69. The van der Waals surface area contributed by atoms with Gasteiger partial charge in [-0.05, 0) is 25.0 Å². The largest absolute Gasteiger partial charge is 0.507 e. The summed E-state index contributed by atoms with van der Waals surface area (Å²) in [7, 11) is 0. The normalized spacial score (nSPS) is 12.5. The molecule has 1 unspecified atom stereocenters. The molecule has 0 bridgehead atoms. The van der Waals surface area contributed by atoms with Crippen molar-refractivity contribution in [1.82, 2.24) is 0 Å². The van der Waals surface area contributed by atoms with Crippen LogP contribution in [0, 0.1) is 18.7 Å². The monoisotopic (exact) mass is 212 g/mol. The molecule has 0 aliphatic heterocycles. The highest BCUT2D eigenvalue weighted by Crippen LogP contribution is 2.27. The van der Waals surface area contributed by atoms with Crippen molar-refractivity contribution >= 4 is 5.97 Å². The number of rotatable bonds is 3. The zero-order chi connectivity index (χ0) is 11.6. The number of phenolic OH excluding ortho intramolecular Hbond substituents is 1. The van der Waals surface area contributed by atoms with Crippen LogP contribution in [0.3, 0.4) is 0 Å². The molecule has 0 amide bonds. The number of carboxylic acids is 1. The van der Waals surface area contributed by atoms with Crippen LogP contribution in [-0.4, -0.2) is 16.2 Å². The third-order valence-electron chi connectivity index (χ3n) is 2.36. The first-order valence-electron chi connectivity index (χ1n) is 4.63. The zero-order valence-corrected chi connectivity index (χ0v) is 8.62. The van der Waals surface area contributed by atoms with Crippen LogP contribution >= 0.6 is 0 Å². The van der Waals surface area contributed by atoms with Gasteiger partial charge in [-0.15, -0.1) is 0 Å². The van der Waals surface area contributed by atoms with E-state index in [1.807, 2.05) is 0 Å². The molecule has 0 aliphatic rings. The van der Waals surface area contributed by atoms with Crippen LogP contribution in [0.4, 0.5) is 4.39 Å². The number of aromatic hydroxyl groups is 1. The fourth-order valence-electron chi connectivity index (χ4n) is 1.32. The number of aryl methyl sites for hydroxylation is 1. The Morgan fingerprint density at radius 3 is 2.67 bits per heavy atom. The second-order valence-corrected chi connectivity index (χ2v) is 3.63. The van der Waals surface area contributed by atoms with E-state index >= 15 is 0 Å². The van der Waals surface area contributed by atoms with Crippen molar-refractivity contribution in [3.63, 3.8) is 0 Å². The fourth-order valence-corrected chi connectivity index (χ4v) is 1.32. The molecule has 0 saturated carbocycles. The van der Waals surface area contributed by atoms with Crippen molar-refractivity contribution < 1.29 is 19.4 Å². The molecule has 0 spiro atoms. The predicted molar refractivity (Wildman–Crippen MR) is 53.3 cm³/mol. The van der Waals surface area contributed by atoms with Crippen molar-refractivity contribution in [2.45, 2.75) is 20.3 Å².